The number of aromatic carboxylic acids is 1. The van der Waals surface area contributed by atoms with E-state index in [2.05, 4.69) is 5.32 Å². The summed E-state index contributed by atoms with van der Waals surface area (Å²) in [5, 5.41) is 11.8. The molecule has 0 spiro atoms. The summed E-state index contributed by atoms with van der Waals surface area (Å²) in [4.78, 5) is 22.8. The van der Waals surface area contributed by atoms with E-state index in [1.807, 2.05) is 6.07 Å². The van der Waals surface area contributed by atoms with E-state index in [0.29, 0.717) is 12.5 Å². The predicted octanol–water partition coefficient (Wildman–Crippen LogP) is 2.05. The van der Waals surface area contributed by atoms with Crippen molar-refractivity contribution < 1.29 is 14.7 Å². The van der Waals surface area contributed by atoms with Gasteiger partial charge in [0.15, 0.2) is 0 Å². The Kier molecular flexibility index (Phi) is 3.01. The standard InChI is InChI=1S/C15H17NO3/c17-14(13-7-12(13)10-4-5-10)16-8-9-2-1-3-11(6-9)15(18)19/h1-3,6,10,12-13H,4-5,7-8H2,(H,16,17)(H,18,19)/t12-,13-/m1/s1. The SMILES string of the molecule is O=C(O)c1cccc(CNC(=O)[C@@H]2C[C@@H]2C2CC2)c1. The highest BCUT2D eigenvalue weighted by Gasteiger charge is 2.50. The first kappa shape index (κ1) is 12.2. The van der Waals surface area contributed by atoms with Crippen LogP contribution in [-0.4, -0.2) is 17.0 Å². The Morgan fingerprint density at radius 3 is 2.79 bits per heavy atom. The third-order valence-corrected chi connectivity index (χ3v) is 4.04. The van der Waals surface area contributed by atoms with Crippen molar-refractivity contribution >= 4 is 11.9 Å². The number of hydrogen-bond donors (Lipinski definition) is 2. The fraction of sp³-hybridized carbons (Fsp3) is 0.467. The van der Waals surface area contributed by atoms with E-state index in [4.69, 9.17) is 5.11 Å². The molecule has 0 radical (unpaired) electrons. The molecule has 2 N–H and O–H groups in total. The Balaban J connectivity index is 1.53. The number of nitrogens with one attached hydrogen (secondary N) is 1. The normalized spacial score (nSPS) is 24.8. The number of rotatable bonds is 5. The Hall–Kier alpha value is -1.84. The van der Waals surface area contributed by atoms with Crippen LogP contribution in [0.2, 0.25) is 0 Å². The Morgan fingerprint density at radius 1 is 1.32 bits per heavy atom. The molecule has 2 aliphatic rings. The summed E-state index contributed by atoms with van der Waals surface area (Å²) >= 11 is 0. The average molecular weight is 259 g/mol. The van der Waals surface area contributed by atoms with E-state index in [1.165, 1.54) is 12.8 Å². The Bertz CT molecular complexity index is 522. The van der Waals surface area contributed by atoms with Crippen molar-refractivity contribution in [3.8, 4) is 0 Å². The molecule has 3 rings (SSSR count). The van der Waals surface area contributed by atoms with Gasteiger partial charge in [-0.2, -0.15) is 0 Å². The lowest BCUT2D eigenvalue weighted by Gasteiger charge is -2.06. The van der Waals surface area contributed by atoms with Crippen molar-refractivity contribution in [3.05, 3.63) is 35.4 Å². The molecule has 100 valence electrons. The molecular weight excluding hydrogens is 242 g/mol. The average Bonchev–Trinajstić information content (AvgIpc) is 3.27. The highest BCUT2D eigenvalue weighted by atomic mass is 16.4. The highest BCUT2D eigenvalue weighted by molar-refractivity contribution is 5.87. The van der Waals surface area contributed by atoms with Crippen LogP contribution in [0.3, 0.4) is 0 Å². The van der Waals surface area contributed by atoms with Gasteiger partial charge in [0.05, 0.1) is 5.56 Å². The molecule has 0 heterocycles. The Morgan fingerprint density at radius 2 is 2.11 bits per heavy atom. The molecule has 4 nitrogen and oxygen atoms in total. The maximum Gasteiger partial charge on any atom is 0.335 e. The van der Waals surface area contributed by atoms with Crippen molar-refractivity contribution in [2.24, 2.45) is 17.8 Å². The topological polar surface area (TPSA) is 66.4 Å². The summed E-state index contributed by atoms with van der Waals surface area (Å²) in [5.74, 6) is 0.799. The van der Waals surface area contributed by atoms with Gasteiger partial charge in [-0.05, 0) is 48.8 Å². The summed E-state index contributed by atoms with van der Waals surface area (Å²) < 4.78 is 0. The van der Waals surface area contributed by atoms with Crippen LogP contribution in [0.4, 0.5) is 0 Å². The minimum Gasteiger partial charge on any atom is -0.478 e. The van der Waals surface area contributed by atoms with Crippen LogP contribution in [0.5, 0.6) is 0 Å². The van der Waals surface area contributed by atoms with Crippen molar-refractivity contribution in [2.45, 2.75) is 25.8 Å². The lowest BCUT2D eigenvalue weighted by molar-refractivity contribution is -0.122. The monoisotopic (exact) mass is 259 g/mol. The number of benzene rings is 1. The second-order valence-electron chi connectivity index (χ2n) is 5.57. The van der Waals surface area contributed by atoms with Crippen LogP contribution in [0, 0.1) is 17.8 Å². The quantitative estimate of drug-likeness (QED) is 0.850. The second kappa shape index (κ2) is 4.68. The summed E-state index contributed by atoms with van der Waals surface area (Å²) in [5.41, 5.74) is 1.09. The van der Waals surface area contributed by atoms with E-state index < -0.39 is 5.97 Å². The zero-order chi connectivity index (χ0) is 13.4. The lowest BCUT2D eigenvalue weighted by atomic mass is 10.1. The minimum atomic E-state index is -0.941. The maximum atomic E-state index is 11.9. The van der Waals surface area contributed by atoms with Gasteiger partial charge in [-0.25, -0.2) is 4.79 Å². The molecule has 0 saturated heterocycles. The number of carboxylic acid groups (broad SMARTS) is 1. The van der Waals surface area contributed by atoms with Gasteiger partial charge < -0.3 is 10.4 Å². The molecular formula is C15H17NO3. The van der Waals surface area contributed by atoms with Gasteiger partial charge >= 0.3 is 5.97 Å². The molecule has 1 amide bonds. The van der Waals surface area contributed by atoms with Crippen molar-refractivity contribution in [1.82, 2.24) is 5.32 Å². The zero-order valence-electron chi connectivity index (χ0n) is 10.6. The van der Waals surface area contributed by atoms with Crippen LogP contribution in [0.25, 0.3) is 0 Å². The third kappa shape index (κ3) is 2.78. The number of carbonyl (C=O) groups is 2. The second-order valence-corrected chi connectivity index (χ2v) is 5.57. The molecule has 0 unspecified atom stereocenters. The maximum absolute atomic E-state index is 11.9. The van der Waals surface area contributed by atoms with Crippen LogP contribution in [0.1, 0.15) is 35.2 Å². The number of carboxylic acids is 1. The molecule has 2 fully saturated rings. The van der Waals surface area contributed by atoms with Crippen LogP contribution < -0.4 is 5.32 Å². The van der Waals surface area contributed by atoms with E-state index >= 15 is 0 Å². The molecule has 2 atom stereocenters. The van der Waals surface area contributed by atoms with Crippen LogP contribution in [0.15, 0.2) is 24.3 Å². The van der Waals surface area contributed by atoms with E-state index in [-0.39, 0.29) is 17.4 Å². The molecule has 1 aromatic carbocycles. The van der Waals surface area contributed by atoms with Gasteiger partial charge in [-0.3, -0.25) is 4.79 Å². The van der Waals surface area contributed by atoms with Gasteiger partial charge in [-0.15, -0.1) is 0 Å². The van der Waals surface area contributed by atoms with Crippen molar-refractivity contribution in [3.63, 3.8) is 0 Å². The van der Waals surface area contributed by atoms with Crippen molar-refractivity contribution in [1.29, 1.82) is 0 Å². The lowest BCUT2D eigenvalue weighted by Crippen LogP contribution is -2.25. The van der Waals surface area contributed by atoms with Gasteiger partial charge in [0.1, 0.15) is 0 Å². The van der Waals surface area contributed by atoms with Gasteiger partial charge in [-0.1, -0.05) is 12.1 Å². The number of hydrogen-bond acceptors (Lipinski definition) is 2. The van der Waals surface area contributed by atoms with Crippen LogP contribution >= 0.6 is 0 Å². The zero-order valence-corrected chi connectivity index (χ0v) is 10.6. The molecule has 19 heavy (non-hydrogen) atoms. The molecule has 0 bridgehead atoms. The Labute approximate surface area is 111 Å². The summed E-state index contributed by atoms with van der Waals surface area (Å²) in [6.07, 6.45) is 3.61. The van der Waals surface area contributed by atoms with Gasteiger partial charge in [0, 0.05) is 12.5 Å². The third-order valence-electron chi connectivity index (χ3n) is 4.04. The minimum absolute atomic E-state index is 0.123. The van der Waals surface area contributed by atoms with Gasteiger partial charge in [0.2, 0.25) is 5.91 Å². The predicted molar refractivity (Wildman–Crippen MR) is 69.6 cm³/mol. The van der Waals surface area contributed by atoms with Gasteiger partial charge in [0.25, 0.3) is 0 Å². The summed E-state index contributed by atoms with van der Waals surface area (Å²) in [6, 6.07) is 6.69. The van der Waals surface area contributed by atoms with E-state index in [0.717, 1.165) is 17.9 Å². The summed E-state index contributed by atoms with van der Waals surface area (Å²) in [6.45, 7) is 0.411. The molecule has 2 aliphatic carbocycles. The van der Waals surface area contributed by atoms with E-state index in [1.54, 1.807) is 18.2 Å². The molecule has 0 aromatic heterocycles. The van der Waals surface area contributed by atoms with E-state index in [9.17, 15) is 9.59 Å². The fourth-order valence-electron chi connectivity index (χ4n) is 2.70. The largest absolute Gasteiger partial charge is 0.478 e. The van der Waals surface area contributed by atoms with Crippen molar-refractivity contribution in [2.75, 3.05) is 0 Å². The first-order valence-corrected chi connectivity index (χ1v) is 6.75. The smallest absolute Gasteiger partial charge is 0.335 e. The number of carbonyl (C=O) groups excluding carboxylic acids is 1. The first-order chi connectivity index (χ1) is 9.15. The highest BCUT2D eigenvalue weighted by Crippen LogP contribution is 2.54. The van der Waals surface area contributed by atoms with Crippen LogP contribution in [-0.2, 0) is 11.3 Å². The molecule has 1 aromatic rings. The summed E-state index contributed by atoms with van der Waals surface area (Å²) in [7, 11) is 0. The molecule has 0 aliphatic heterocycles. The number of amides is 1. The molecule has 2 saturated carbocycles. The first-order valence-electron chi connectivity index (χ1n) is 6.75. The molecule has 4 heteroatoms. The fourth-order valence-corrected chi connectivity index (χ4v) is 2.70.